The first-order valence-electron chi connectivity index (χ1n) is 7.74. The lowest BCUT2D eigenvalue weighted by atomic mass is 10.1. The van der Waals surface area contributed by atoms with Crippen LogP contribution >= 0.6 is 0 Å². The Bertz CT molecular complexity index is 566. The molecule has 0 bridgehead atoms. The predicted molar refractivity (Wildman–Crippen MR) is 90.1 cm³/mol. The summed E-state index contributed by atoms with van der Waals surface area (Å²) >= 11 is 0. The Morgan fingerprint density at radius 1 is 1.19 bits per heavy atom. The van der Waals surface area contributed by atoms with E-state index in [1.54, 1.807) is 0 Å². The summed E-state index contributed by atoms with van der Waals surface area (Å²) in [6.07, 6.45) is 4.99. The standard InChI is InChI=1S/C18H25N3/c1-4-10-19-13-16-9-11-20-14-18(16)21(5-2)17-8-6-7-15(3)12-17/h6-9,11-12,14,19H,4-5,10,13H2,1-3H3. The smallest absolute Gasteiger partial charge is 0.0642 e. The van der Waals surface area contributed by atoms with Crippen molar-refractivity contribution in [3.63, 3.8) is 0 Å². The highest BCUT2D eigenvalue weighted by Gasteiger charge is 2.11. The number of aryl methyl sites for hydroxylation is 1. The van der Waals surface area contributed by atoms with E-state index in [0.717, 1.165) is 26.1 Å². The van der Waals surface area contributed by atoms with Gasteiger partial charge in [0, 0.05) is 25.0 Å². The van der Waals surface area contributed by atoms with Crippen LogP contribution in [-0.4, -0.2) is 18.1 Å². The van der Waals surface area contributed by atoms with Gasteiger partial charge in [0.25, 0.3) is 0 Å². The van der Waals surface area contributed by atoms with Crippen molar-refractivity contribution in [2.75, 3.05) is 18.0 Å². The van der Waals surface area contributed by atoms with Gasteiger partial charge in [0.1, 0.15) is 0 Å². The maximum Gasteiger partial charge on any atom is 0.0642 e. The summed E-state index contributed by atoms with van der Waals surface area (Å²) in [4.78, 5) is 6.64. The minimum absolute atomic E-state index is 0.883. The first-order chi connectivity index (χ1) is 10.3. The van der Waals surface area contributed by atoms with Crippen LogP contribution in [-0.2, 0) is 6.54 Å². The maximum absolute atomic E-state index is 4.32. The van der Waals surface area contributed by atoms with E-state index < -0.39 is 0 Å². The van der Waals surface area contributed by atoms with Gasteiger partial charge in [-0.2, -0.15) is 0 Å². The quantitative estimate of drug-likeness (QED) is 0.777. The normalized spacial score (nSPS) is 10.6. The van der Waals surface area contributed by atoms with Crippen LogP contribution in [0.25, 0.3) is 0 Å². The average molecular weight is 283 g/mol. The fraction of sp³-hybridized carbons (Fsp3) is 0.389. The first kappa shape index (κ1) is 15.5. The molecule has 3 nitrogen and oxygen atoms in total. The van der Waals surface area contributed by atoms with E-state index in [-0.39, 0.29) is 0 Å². The minimum atomic E-state index is 0.883. The van der Waals surface area contributed by atoms with Crippen molar-refractivity contribution in [2.45, 2.75) is 33.7 Å². The molecule has 21 heavy (non-hydrogen) atoms. The highest BCUT2D eigenvalue weighted by molar-refractivity contribution is 5.66. The van der Waals surface area contributed by atoms with Crippen LogP contribution < -0.4 is 10.2 Å². The molecule has 2 rings (SSSR count). The molecule has 1 aromatic carbocycles. The molecule has 0 aliphatic rings. The molecule has 112 valence electrons. The zero-order chi connectivity index (χ0) is 15.1. The third-order valence-electron chi connectivity index (χ3n) is 3.55. The lowest BCUT2D eigenvalue weighted by Crippen LogP contribution is -2.21. The molecule has 1 aromatic heterocycles. The Morgan fingerprint density at radius 2 is 2.05 bits per heavy atom. The molecular formula is C18H25N3. The van der Waals surface area contributed by atoms with Crippen molar-refractivity contribution in [3.8, 4) is 0 Å². The van der Waals surface area contributed by atoms with Gasteiger partial charge in [0.15, 0.2) is 0 Å². The van der Waals surface area contributed by atoms with Gasteiger partial charge < -0.3 is 10.2 Å². The second-order valence-corrected chi connectivity index (χ2v) is 5.26. The molecule has 0 aliphatic heterocycles. The molecule has 0 radical (unpaired) electrons. The Labute approximate surface area is 128 Å². The van der Waals surface area contributed by atoms with Crippen LogP contribution in [0.4, 0.5) is 11.4 Å². The van der Waals surface area contributed by atoms with E-state index in [4.69, 9.17) is 0 Å². The van der Waals surface area contributed by atoms with E-state index in [9.17, 15) is 0 Å². The summed E-state index contributed by atoms with van der Waals surface area (Å²) in [5.41, 5.74) is 4.98. The molecule has 0 saturated carbocycles. The Kier molecular flexibility index (Phi) is 5.76. The summed E-state index contributed by atoms with van der Waals surface area (Å²) < 4.78 is 0. The van der Waals surface area contributed by atoms with Crippen LogP contribution in [0, 0.1) is 6.92 Å². The number of anilines is 2. The molecule has 0 aliphatic carbocycles. The SMILES string of the molecule is CCCNCc1ccncc1N(CC)c1cccc(C)c1. The van der Waals surface area contributed by atoms with Crippen LogP contribution in [0.3, 0.4) is 0 Å². The summed E-state index contributed by atoms with van der Waals surface area (Å²) in [6, 6.07) is 10.7. The molecular weight excluding hydrogens is 258 g/mol. The number of benzene rings is 1. The van der Waals surface area contributed by atoms with Crippen LogP contribution in [0.15, 0.2) is 42.7 Å². The van der Waals surface area contributed by atoms with E-state index >= 15 is 0 Å². The van der Waals surface area contributed by atoms with Gasteiger partial charge in [-0.15, -0.1) is 0 Å². The summed E-state index contributed by atoms with van der Waals surface area (Å²) in [7, 11) is 0. The van der Waals surface area contributed by atoms with Crippen molar-refractivity contribution >= 4 is 11.4 Å². The van der Waals surface area contributed by atoms with Gasteiger partial charge >= 0.3 is 0 Å². The Balaban J connectivity index is 2.29. The molecule has 0 atom stereocenters. The van der Waals surface area contributed by atoms with Gasteiger partial charge in [0.2, 0.25) is 0 Å². The number of nitrogens with one attached hydrogen (secondary N) is 1. The van der Waals surface area contributed by atoms with Gasteiger partial charge in [-0.3, -0.25) is 4.98 Å². The molecule has 1 heterocycles. The molecule has 0 unspecified atom stereocenters. The van der Waals surface area contributed by atoms with Crippen LogP contribution in [0.5, 0.6) is 0 Å². The Morgan fingerprint density at radius 3 is 2.76 bits per heavy atom. The molecule has 1 N–H and O–H groups in total. The number of aromatic nitrogens is 1. The number of hydrogen-bond acceptors (Lipinski definition) is 3. The average Bonchev–Trinajstić information content (AvgIpc) is 2.50. The van der Waals surface area contributed by atoms with E-state index in [2.05, 4.69) is 66.3 Å². The molecule has 0 spiro atoms. The van der Waals surface area contributed by atoms with Gasteiger partial charge in [-0.25, -0.2) is 0 Å². The van der Waals surface area contributed by atoms with Crippen molar-refractivity contribution in [2.24, 2.45) is 0 Å². The van der Waals surface area contributed by atoms with E-state index in [0.29, 0.717) is 0 Å². The minimum Gasteiger partial charge on any atom is -0.340 e. The van der Waals surface area contributed by atoms with Crippen molar-refractivity contribution in [3.05, 3.63) is 53.9 Å². The number of pyridine rings is 1. The zero-order valence-corrected chi connectivity index (χ0v) is 13.3. The fourth-order valence-electron chi connectivity index (χ4n) is 2.50. The lowest BCUT2D eigenvalue weighted by Gasteiger charge is -2.26. The number of nitrogens with zero attached hydrogens (tertiary/aromatic N) is 2. The van der Waals surface area contributed by atoms with Gasteiger partial charge in [0.05, 0.1) is 11.9 Å². The largest absolute Gasteiger partial charge is 0.340 e. The zero-order valence-electron chi connectivity index (χ0n) is 13.3. The molecule has 2 aromatic rings. The maximum atomic E-state index is 4.32. The van der Waals surface area contributed by atoms with Crippen molar-refractivity contribution in [1.82, 2.24) is 10.3 Å². The summed E-state index contributed by atoms with van der Waals surface area (Å²) in [5.74, 6) is 0. The summed E-state index contributed by atoms with van der Waals surface area (Å²) in [5, 5.41) is 3.48. The molecule has 3 heteroatoms. The third-order valence-corrected chi connectivity index (χ3v) is 3.55. The predicted octanol–water partition coefficient (Wildman–Crippen LogP) is 4.05. The van der Waals surface area contributed by atoms with Crippen molar-refractivity contribution in [1.29, 1.82) is 0 Å². The Hall–Kier alpha value is -1.87. The summed E-state index contributed by atoms with van der Waals surface area (Å²) in [6.45, 7) is 9.34. The lowest BCUT2D eigenvalue weighted by molar-refractivity contribution is 0.674. The third kappa shape index (κ3) is 4.05. The fourth-order valence-corrected chi connectivity index (χ4v) is 2.50. The van der Waals surface area contributed by atoms with Gasteiger partial charge in [-0.05, 0) is 56.1 Å². The first-order valence-corrected chi connectivity index (χ1v) is 7.74. The van der Waals surface area contributed by atoms with Crippen molar-refractivity contribution < 1.29 is 0 Å². The highest BCUT2D eigenvalue weighted by Crippen LogP contribution is 2.28. The second-order valence-electron chi connectivity index (χ2n) is 5.26. The number of hydrogen-bond donors (Lipinski definition) is 1. The molecule has 0 saturated heterocycles. The van der Waals surface area contributed by atoms with Gasteiger partial charge in [-0.1, -0.05) is 19.1 Å². The monoisotopic (exact) mass is 283 g/mol. The van der Waals surface area contributed by atoms with E-state index in [1.165, 1.54) is 22.5 Å². The van der Waals surface area contributed by atoms with Crippen LogP contribution in [0.1, 0.15) is 31.4 Å². The second kappa shape index (κ2) is 7.79. The molecule has 0 fully saturated rings. The van der Waals surface area contributed by atoms with E-state index in [1.807, 2.05) is 12.4 Å². The number of rotatable bonds is 7. The highest BCUT2D eigenvalue weighted by atomic mass is 15.1. The molecule has 0 amide bonds. The topological polar surface area (TPSA) is 28.2 Å². The van der Waals surface area contributed by atoms with Crippen LogP contribution in [0.2, 0.25) is 0 Å².